The molecule has 1 aromatic carbocycles. The quantitative estimate of drug-likeness (QED) is 0.734. The number of para-hydroxylation sites is 2. The van der Waals surface area contributed by atoms with E-state index >= 15 is 0 Å². The summed E-state index contributed by atoms with van der Waals surface area (Å²) in [6.07, 6.45) is 5.69. The van der Waals surface area contributed by atoms with Crippen molar-refractivity contribution in [2.45, 2.75) is 39.2 Å². The highest BCUT2D eigenvalue weighted by atomic mass is 16.5. The maximum atomic E-state index is 12.2. The molecule has 7 nitrogen and oxygen atoms in total. The number of rotatable bonds is 8. The van der Waals surface area contributed by atoms with Crippen molar-refractivity contribution in [1.29, 1.82) is 0 Å². The minimum Gasteiger partial charge on any atom is -0.482 e. The second-order valence-corrected chi connectivity index (χ2v) is 6.18. The predicted molar refractivity (Wildman–Crippen MR) is 96.1 cm³/mol. The lowest BCUT2D eigenvalue weighted by atomic mass is 10.2. The molecule has 7 heteroatoms. The lowest BCUT2D eigenvalue weighted by Gasteiger charge is -2.28. The molecule has 1 N–H and O–H groups in total. The summed E-state index contributed by atoms with van der Waals surface area (Å²) in [6, 6.07) is 7.29. The molecular formula is C19H23N3O4. The van der Waals surface area contributed by atoms with Crippen LogP contribution in [0.5, 0.6) is 5.75 Å². The molecule has 0 spiro atoms. The Morgan fingerprint density at radius 1 is 1.27 bits per heavy atom. The smallest absolute Gasteiger partial charge is 0.273 e. The average molecular weight is 357 g/mol. The van der Waals surface area contributed by atoms with E-state index in [0.717, 1.165) is 19.3 Å². The van der Waals surface area contributed by atoms with Crippen LogP contribution in [-0.4, -0.2) is 29.9 Å². The van der Waals surface area contributed by atoms with Crippen molar-refractivity contribution < 1.29 is 18.7 Å². The molecule has 0 atom stereocenters. The summed E-state index contributed by atoms with van der Waals surface area (Å²) in [5, 5.41) is 2.84. The van der Waals surface area contributed by atoms with E-state index in [2.05, 4.69) is 17.2 Å². The molecule has 2 amide bonds. The summed E-state index contributed by atoms with van der Waals surface area (Å²) in [4.78, 5) is 30.1. The number of benzene rings is 1. The van der Waals surface area contributed by atoms with Gasteiger partial charge in [0, 0.05) is 6.54 Å². The van der Waals surface area contributed by atoms with Crippen molar-refractivity contribution in [3.05, 3.63) is 42.1 Å². The van der Waals surface area contributed by atoms with Crippen LogP contribution >= 0.6 is 0 Å². The number of nitrogens with zero attached hydrogens (tertiary/aromatic N) is 2. The fraction of sp³-hybridized carbons (Fsp3) is 0.421. The molecular weight excluding hydrogens is 334 g/mol. The number of carbonyl (C=O) groups is 2. The Balaban J connectivity index is 1.60. The van der Waals surface area contributed by atoms with Crippen molar-refractivity contribution in [1.82, 2.24) is 10.3 Å². The van der Waals surface area contributed by atoms with Gasteiger partial charge in [-0.15, -0.1) is 0 Å². The number of anilines is 1. The molecule has 0 bridgehead atoms. The zero-order chi connectivity index (χ0) is 18.4. The third kappa shape index (κ3) is 4.22. The molecule has 1 aliphatic heterocycles. The molecule has 0 saturated heterocycles. The summed E-state index contributed by atoms with van der Waals surface area (Å²) in [5.41, 5.74) is 0.897. The number of nitrogens with one attached hydrogen (secondary N) is 1. The summed E-state index contributed by atoms with van der Waals surface area (Å²) in [6.45, 7) is 2.90. The topological polar surface area (TPSA) is 84.7 Å². The Bertz CT molecular complexity index is 772. The Morgan fingerprint density at radius 2 is 2.12 bits per heavy atom. The van der Waals surface area contributed by atoms with Crippen LogP contribution in [0.15, 0.2) is 34.9 Å². The SMILES string of the molecule is CCCCCCNC(=O)c1coc(CN2C(=O)COc3ccccc32)n1. The van der Waals surface area contributed by atoms with E-state index in [4.69, 9.17) is 9.15 Å². The Labute approximate surface area is 152 Å². The Hall–Kier alpha value is -2.83. The number of unbranched alkanes of at least 4 members (excludes halogenated alkanes) is 3. The van der Waals surface area contributed by atoms with Gasteiger partial charge in [0.2, 0.25) is 5.89 Å². The molecule has 0 aliphatic carbocycles. The maximum absolute atomic E-state index is 12.2. The fourth-order valence-electron chi connectivity index (χ4n) is 2.79. The van der Waals surface area contributed by atoms with Gasteiger partial charge >= 0.3 is 0 Å². The standard InChI is InChI=1S/C19H23N3O4/c1-2-3-4-7-10-20-19(24)14-12-26-17(21-14)11-22-15-8-5-6-9-16(15)25-13-18(22)23/h5-6,8-9,12H,2-4,7,10-11,13H2,1H3,(H,20,24). The van der Waals surface area contributed by atoms with E-state index in [1.165, 1.54) is 12.7 Å². The summed E-state index contributed by atoms with van der Waals surface area (Å²) in [5.74, 6) is 0.518. The highest BCUT2D eigenvalue weighted by Crippen LogP contribution is 2.32. The molecule has 0 fully saturated rings. The molecule has 2 aromatic rings. The molecule has 0 radical (unpaired) electrons. The Kier molecular flexibility index (Phi) is 5.88. The van der Waals surface area contributed by atoms with Gasteiger partial charge in [-0.3, -0.25) is 14.5 Å². The van der Waals surface area contributed by atoms with Crippen LogP contribution in [0.1, 0.15) is 49.0 Å². The van der Waals surface area contributed by atoms with Crippen molar-refractivity contribution in [2.24, 2.45) is 0 Å². The van der Waals surface area contributed by atoms with E-state index in [0.29, 0.717) is 23.9 Å². The third-order valence-electron chi connectivity index (χ3n) is 4.20. The zero-order valence-corrected chi connectivity index (χ0v) is 14.9. The monoisotopic (exact) mass is 357 g/mol. The van der Waals surface area contributed by atoms with Gasteiger partial charge in [0.05, 0.1) is 5.69 Å². The van der Waals surface area contributed by atoms with Gasteiger partial charge in [-0.25, -0.2) is 4.98 Å². The minimum absolute atomic E-state index is 0.0250. The minimum atomic E-state index is -0.259. The van der Waals surface area contributed by atoms with Gasteiger partial charge in [0.1, 0.15) is 18.6 Å². The van der Waals surface area contributed by atoms with Crippen LogP contribution in [0.3, 0.4) is 0 Å². The predicted octanol–water partition coefficient (Wildman–Crippen LogP) is 2.91. The number of amides is 2. The van der Waals surface area contributed by atoms with E-state index in [1.807, 2.05) is 18.2 Å². The molecule has 2 heterocycles. The van der Waals surface area contributed by atoms with Crippen molar-refractivity contribution in [3.8, 4) is 5.75 Å². The molecule has 138 valence electrons. The average Bonchev–Trinajstić information content (AvgIpc) is 3.12. The molecule has 0 unspecified atom stereocenters. The molecule has 1 aromatic heterocycles. The number of ether oxygens (including phenoxy) is 1. The van der Waals surface area contributed by atoms with Crippen molar-refractivity contribution in [2.75, 3.05) is 18.1 Å². The van der Waals surface area contributed by atoms with E-state index in [9.17, 15) is 9.59 Å². The van der Waals surface area contributed by atoms with E-state index in [1.54, 1.807) is 11.0 Å². The highest BCUT2D eigenvalue weighted by Gasteiger charge is 2.27. The second kappa shape index (κ2) is 8.51. The zero-order valence-electron chi connectivity index (χ0n) is 14.9. The van der Waals surface area contributed by atoms with Crippen LogP contribution in [-0.2, 0) is 11.3 Å². The summed E-state index contributed by atoms with van der Waals surface area (Å²) >= 11 is 0. The number of aromatic nitrogens is 1. The normalized spacial score (nSPS) is 13.3. The lowest BCUT2D eigenvalue weighted by Crippen LogP contribution is -2.38. The largest absolute Gasteiger partial charge is 0.482 e. The van der Waals surface area contributed by atoms with Gasteiger partial charge in [-0.2, -0.15) is 0 Å². The molecule has 1 aliphatic rings. The number of hydrogen-bond donors (Lipinski definition) is 1. The maximum Gasteiger partial charge on any atom is 0.273 e. The van der Waals surface area contributed by atoms with Gasteiger partial charge < -0.3 is 14.5 Å². The highest BCUT2D eigenvalue weighted by molar-refractivity contribution is 5.97. The van der Waals surface area contributed by atoms with Gasteiger partial charge in [0.25, 0.3) is 11.8 Å². The number of hydrogen-bond acceptors (Lipinski definition) is 5. The first-order valence-electron chi connectivity index (χ1n) is 8.94. The first-order valence-corrected chi connectivity index (χ1v) is 8.94. The first-order chi connectivity index (χ1) is 12.7. The lowest BCUT2D eigenvalue weighted by molar-refractivity contribution is -0.121. The summed E-state index contributed by atoms with van der Waals surface area (Å²) < 4.78 is 10.8. The van der Waals surface area contributed by atoms with Crippen LogP contribution in [0.2, 0.25) is 0 Å². The third-order valence-corrected chi connectivity index (χ3v) is 4.20. The molecule has 0 saturated carbocycles. The van der Waals surface area contributed by atoms with Crippen LogP contribution in [0, 0.1) is 0 Å². The van der Waals surface area contributed by atoms with Crippen LogP contribution in [0.25, 0.3) is 0 Å². The van der Waals surface area contributed by atoms with Gasteiger partial charge in [0.15, 0.2) is 12.3 Å². The van der Waals surface area contributed by atoms with Crippen LogP contribution in [0.4, 0.5) is 5.69 Å². The van der Waals surface area contributed by atoms with Gasteiger partial charge in [-0.05, 0) is 18.6 Å². The molecule has 26 heavy (non-hydrogen) atoms. The number of fused-ring (bicyclic) bond motifs is 1. The van der Waals surface area contributed by atoms with E-state index in [-0.39, 0.29) is 30.7 Å². The number of carbonyl (C=O) groups excluding carboxylic acids is 2. The summed E-state index contributed by atoms with van der Waals surface area (Å²) in [7, 11) is 0. The van der Waals surface area contributed by atoms with Crippen molar-refractivity contribution in [3.63, 3.8) is 0 Å². The van der Waals surface area contributed by atoms with Crippen molar-refractivity contribution >= 4 is 17.5 Å². The molecule has 3 rings (SSSR count). The second-order valence-electron chi connectivity index (χ2n) is 6.18. The van der Waals surface area contributed by atoms with Gasteiger partial charge in [-0.1, -0.05) is 38.3 Å². The number of oxazole rings is 1. The first kappa shape index (κ1) is 18.0. The Morgan fingerprint density at radius 3 is 2.96 bits per heavy atom. The van der Waals surface area contributed by atoms with Crippen LogP contribution < -0.4 is 15.0 Å². The van der Waals surface area contributed by atoms with E-state index < -0.39 is 0 Å². The fourth-order valence-corrected chi connectivity index (χ4v) is 2.79.